The molecule has 1 heterocycles. The van der Waals surface area contributed by atoms with Crippen LogP contribution >= 0.6 is 0 Å². The third kappa shape index (κ3) is 2.37. The minimum absolute atomic E-state index is 0.317. The van der Waals surface area contributed by atoms with Crippen LogP contribution in [0.4, 0.5) is 0 Å². The summed E-state index contributed by atoms with van der Waals surface area (Å²) in [5, 5.41) is 0. The maximum absolute atomic E-state index is 10.3. The fourth-order valence-corrected chi connectivity index (χ4v) is 1.58. The Morgan fingerprint density at radius 2 is 2.19 bits per heavy atom. The molecule has 0 fully saturated rings. The van der Waals surface area contributed by atoms with Crippen molar-refractivity contribution in [3.63, 3.8) is 0 Å². The van der Waals surface area contributed by atoms with E-state index in [4.69, 9.17) is 4.42 Å². The van der Waals surface area contributed by atoms with E-state index in [1.54, 1.807) is 6.26 Å². The third-order valence-electron chi connectivity index (χ3n) is 2.49. The molecular weight excluding hydrogens is 202 g/mol. The molecule has 0 aliphatic heterocycles. The minimum Gasteiger partial charge on any atom is -0.448 e. The van der Waals surface area contributed by atoms with Crippen LogP contribution in [0.15, 0.2) is 34.9 Å². The largest absolute Gasteiger partial charge is 0.448 e. The summed E-state index contributed by atoms with van der Waals surface area (Å²) in [6, 6.07) is 8.12. The zero-order valence-corrected chi connectivity index (χ0v) is 9.14. The van der Waals surface area contributed by atoms with Crippen molar-refractivity contribution in [3.8, 4) is 0 Å². The Labute approximate surface area is 94.1 Å². The first kappa shape index (κ1) is 10.6. The highest BCUT2D eigenvalue weighted by Gasteiger charge is 2.05. The summed E-state index contributed by atoms with van der Waals surface area (Å²) in [6.07, 6.45) is 3.36. The van der Waals surface area contributed by atoms with Gasteiger partial charge in [0.15, 0.2) is 5.89 Å². The lowest BCUT2D eigenvalue weighted by molar-refractivity contribution is -0.107. The fraction of sp³-hybridized carbons (Fsp3) is 0.231. The van der Waals surface area contributed by atoms with Crippen molar-refractivity contribution < 1.29 is 9.21 Å². The molecule has 0 aliphatic carbocycles. The smallest absolute Gasteiger partial charge is 0.198 e. The summed E-state index contributed by atoms with van der Waals surface area (Å²) in [7, 11) is 0. The number of carbonyl (C=O) groups excluding carboxylic acids is 1. The van der Waals surface area contributed by atoms with Crippen molar-refractivity contribution in [2.45, 2.75) is 19.8 Å². The summed E-state index contributed by atoms with van der Waals surface area (Å²) < 4.78 is 5.31. The number of aryl methyl sites for hydroxylation is 1. The summed E-state index contributed by atoms with van der Waals surface area (Å²) in [5.74, 6) is 0.658. The van der Waals surface area contributed by atoms with Gasteiger partial charge in [-0.3, -0.25) is 0 Å². The average Bonchev–Trinajstić information content (AvgIpc) is 2.70. The number of carbonyl (C=O) groups is 1. The molecule has 1 aromatic carbocycles. The van der Waals surface area contributed by atoms with Gasteiger partial charge in [-0.05, 0) is 18.1 Å². The van der Waals surface area contributed by atoms with Gasteiger partial charge >= 0.3 is 0 Å². The van der Waals surface area contributed by atoms with Crippen LogP contribution in [0.5, 0.6) is 0 Å². The van der Waals surface area contributed by atoms with Gasteiger partial charge in [-0.2, -0.15) is 0 Å². The minimum atomic E-state index is 0.317. The first-order valence-corrected chi connectivity index (χ1v) is 5.21. The zero-order valence-electron chi connectivity index (χ0n) is 9.14. The normalized spacial score (nSPS) is 10.3. The second kappa shape index (κ2) is 4.75. The van der Waals surface area contributed by atoms with Gasteiger partial charge in [-0.15, -0.1) is 0 Å². The molecule has 0 saturated carbocycles. The van der Waals surface area contributed by atoms with Crippen molar-refractivity contribution in [3.05, 3.63) is 53.2 Å². The highest BCUT2D eigenvalue weighted by Crippen LogP contribution is 2.13. The molecule has 1 aromatic heterocycles. The van der Waals surface area contributed by atoms with E-state index in [0.717, 1.165) is 6.29 Å². The van der Waals surface area contributed by atoms with Crippen LogP contribution in [-0.2, 0) is 17.6 Å². The van der Waals surface area contributed by atoms with Crippen molar-refractivity contribution in [2.24, 2.45) is 0 Å². The molecule has 82 valence electrons. The van der Waals surface area contributed by atoms with Crippen LogP contribution in [0, 0.1) is 6.92 Å². The first-order chi connectivity index (χ1) is 7.79. The summed E-state index contributed by atoms with van der Waals surface area (Å²) in [4.78, 5) is 14.6. The summed E-state index contributed by atoms with van der Waals surface area (Å²) in [5.41, 5.74) is 3.11. The molecule has 0 radical (unpaired) electrons. The second-order valence-corrected chi connectivity index (χ2v) is 3.71. The number of oxazole rings is 1. The standard InChI is InChI=1S/C13H13NO2/c1-10-4-2-3-5-11(10)8-13-14-12(6-7-15)9-16-13/h2-5,7,9H,6,8H2,1H3. The van der Waals surface area contributed by atoms with Gasteiger partial charge in [-0.1, -0.05) is 24.3 Å². The zero-order chi connectivity index (χ0) is 11.4. The maximum Gasteiger partial charge on any atom is 0.198 e. The lowest BCUT2D eigenvalue weighted by atomic mass is 10.1. The molecule has 0 aliphatic rings. The molecule has 16 heavy (non-hydrogen) atoms. The molecule has 0 unspecified atom stereocenters. The third-order valence-corrected chi connectivity index (χ3v) is 2.49. The fourth-order valence-electron chi connectivity index (χ4n) is 1.58. The number of hydrogen-bond donors (Lipinski definition) is 0. The first-order valence-electron chi connectivity index (χ1n) is 5.21. The molecule has 0 spiro atoms. The average molecular weight is 215 g/mol. The Morgan fingerprint density at radius 1 is 1.38 bits per heavy atom. The van der Waals surface area contributed by atoms with E-state index in [9.17, 15) is 4.79 Å². The molecule has 2 aromatic rings. The highest BCUT2D eigenvalue weighted by molar-refractivity contribution is 5.53. The van der Waals surface area contributed by atoms with Crippen molar-refractivity contribution in [1.29, 1.82) is 0 Å². The molecular formula is C13H13NO2. The van der Waals surface area contributed by atoms with E-state index < -0.39 is 0 Å². The van der Waals surface area contributed by atoms with E-state index in [1.165, 1.54) is 11.1 Å². The van der Waals surface area contributed by atoms with Crippen LogP contribution in [0.3, 0.4) is 0 Å². The molecule has 0 amide bonds. The van der Waals surface area contributed by atoms with Crippen molar-refractivity contribution in [2.75, 3.05) is 0 Å². The highest BCUT2D eigenvalue weighted by atomic mass is 16.3. The molecule has 0 saturated heterocycles. The molecule has 3 nitrogen and oxygen atoms in total. The summed E-state index contributed by atoms with van der Waals surface area (Å²) in [6.45, 7) is 2.06. The van der Waals surface area contributed by atoms with Crippen LogP contribution in [0.25, 0.3) is 0 Å². The number of hydrogen-bond acceptors (Lipinski definition) is 3. The molecule has 3 heteroatoms. The van der Waals surface area contributed by atoms with Crippen LogP contribution in [0.2, 0.25) is 0 Å². The monoisotopic (exact) mass is 215 g/mol. The predicted molar refractivity (Wildman–Crippen MR) is 60.3 cm³/mol. The van der Waals surface area contributed by atoms with Gasteiger partial charge in [0.25, 0.3) is 0 Å². The Balaban J connectivity index is 2.14. The van der Waals surface area contributed by atoms with E-state index >= 15 is 0 Å². The van der Waals surface area contributed by atoms with Crippen molar-refractivity contribution in [1.82, 2.24) is 4.98 Å². The molecule has 0 N–H and O–H groups in total. The van der Waals surface area contributed by atoms with Gasteiger partial charge in [0, 0.05) is 12.8 Å². The number of aldehydes is 1. The van der Waals surface area contributed by atoms with Gasteiger partial charge in [0.2, 0.25) is 0 Å². The Hall–Kier alpha value is -1.90. The van der Waals surface area contributed by atoms with E-state index in [0.29, 0.717) is 24.4 Å². The number of nitrogens with zero attached hydrogens (tertiary/aromatic N) is 1. The van der Waals surface area contributed by atoms with Crippen molar-refractivity contribution >= 4 is 6.29 Å². The lowest BCUT2D eigenvalue weighted by Gasteiger charge is -2.01. The lowest BCUT2D eigenvalue weighted by Crippen LogP contribution is -1.92. The second-order valence-electron chi connectivity index (χ2n) is 3.71. The summed E-state index contributed by atoms with van der Waals surface area (Å²) >= 11 is 0. The Kier molecular flexibility index (Phi) is 3.15. The maximum atomic E-state index is 10.3. The van der Waals surface area contributed by atoms with E-state index in [1.807, 2.05) is 12.1 Å². The van der Waals surface area contributed by atoms with Gasteiger partial charge in [-0.25, -0.2) is 4.98 Å². The van der Waals surface area contributed by atoms with Crippen LogP contribution in [-0.4, -0.2) is 11.3 Å². The predicted octanol–water partition coefficient (Wildman–Crippen LogP) is 2.32. The SMILES string of the molecule is Cc1ccccc1Cc1nc(CC=O)co1. The van der Waals surface area contributed by atoms with Crippen LogP contribution in [0.1, 0.15) is 22.7 Å². The molecule has 0 bridgehead atoms. The quantitative estimate of drug-likeness (QED) is 0.735. The van der Waals surface area contributed by atoms with Gasteiger partial charge in [0.1, 0.15) is 12.5 Å². The molecule has 0 atom stereocenters. The van der Waals surface area contributed by atoms with E-state index in [-0.39, 0.29) is 0 Å². The Morgan fingerprint density at radius 3 is 2.94 bits per heavy atom. The number of benzene rings is 1. The van der Waals surface area contributed by atoms with E-state index in [2.05, 4.69) is 24.0 Å². The van der Waals surface area contributed by atoms with Gasteiger partial charge in [0.05, 0.1) is 5.69 Å². The Bertz CT molecular complexity index is 488. The van der Waals surface area contributed by atoms with Gasteiger partial charge < -0.3 is 9.21 Å². The number of aromatic nitrogens is 1. The number of rotatable bonds is 4. The van der Waals surface area contributed by atoms with Crippen LogP contribution < -0.4 is 0 Å². The molecule has 2 rings (SSSR count). The topological polar surface area (TPSA) is 43.1 Å².